The second kappa shape index (κ2) is 11.8. The number of hydrogen-bond donors (Lipinski definition) is 4. The van der Waals surface area contributed by atoms with Gasteiger partial charge in [-0.2, -0.15) is 0 Å². The number of carbonyl (C=O) groups excluding carboxylic acids is 1. The number of piperidine rings is 1. The molecule has 2 aliphatic rings. The first-order chi connectivity index (χ1) is 17.0. The van der Waals surface area contributed by atoms with Crippen LogP contribution in [0.25, 0.3) is 0 Å². The number of aliphatic hydroxyl groups excluding tert-OH is 1. The van der Waals surface area contributed by atoms with Gasteiger partial charge >= 0.3 is 5.97 Å². The number of likely N-dealkylation sites (tertiary alicyclic amines) is 1. The second-order valence-corrected chi connectivity index (χ2v) is 9.24. The predicted octanol–water partition coefficient (Wildman–Crippen LogP) is 2.32. The largest absolute Gasteiger partial charge is 0.481 e. The molecule has 9 heteroatoms. The summed E-state index contributed by atoms with van der Waals surface area (Å²) in [5, 5.41) is 24.7. The van der Waals surface area contributed by atoms with Crippen LogP contribution in [0.3, 0.4) is 0 Å². The fraction of sp³-hybridized carbons (Fsp3) is 0.462. The van der Waals surface area contributed by atoms with E-state index in [1.165, 1.54) is 5.56 Å². The molecule has 4 N–H and O–H groups in total. The Morgan fingerprint density at radius 2 is 1.97 bits per heavy atom. The summed E-state index contributed by atoms with van der Waals surface area (Å²) in [4.78, 5) is 34.4. The summed E-state index contributed by atoms with van der Waals surface area (Å²) in [5.41, 5.74) is 3.62. The molecule has 0 spiro atoms. The van der Waals surface area contributed by atoms with Crippen molar-refractivity contribution in [2.45, 2.75) is 44.6 Å². The van der Waals surface area contributed by atoms with Crippen LogP contribution in [-0.2, 0) is 17.6 Å². The Labute approximate surface area is 205 Å². The maximum absolute atomic E-state index is 13.1. The third-order valence-corrected chi connectivity index (χ3v) is 6.67. The van der Waals surface area contributed by atoms with E-state index in [2.05, 4.69) is 20.6 Å². The standard InChI is InChI=1S/C26H33N5O4/c32-23-16-28-26(29-17-23)30-22-3-1-2-20(14-22)25(35)31-12-9-18(10-13-31)4-5-19-8-11-27-15-21(19)6-7-24(33)34/h1-3,8,11,14-15,18,23,32H,4-7,9-10,12-13,16-17H2,(H,33,34)(H2,28,29,30). The highest BCUT2D eigenvalue weighted by atomic mass is 16.4. The van der Waals surface area contributed by atoms with Crippen molar-refractivity contribution in [2.24, 2.45) is 10.9 Å². The maximum Gasteiger partial charge on any atom is 0.303 e. The number of guanidine groups is 1. The van der Waals surface area contributed by atoms with E-state index in [-0.39, 0.29) is 12.3 Å². The van der Waals surface area contributed by atoms with Crippen LogP contribution >= 0.6 is 0 Å². The summed E-state index contributed by atoms with van der Waals surface area (Å²) in [6.45, 7) is 2.27. The number of aryl methyl sites for hydroxylation is 2. The quantitative estimate of drug-likeness (QED) is 0.458. The van der Waals surface area contributed by atoms with E-state index in [0.29, 0.717) is 37.0 Å². The first-order valence-electron chi connectivity index (χ1n) is 12.2. The average molecular weight is 480 g/mol. The van der Waals surface area contributed by atoms with Gasteiger partial charge in [0.25, 0.3) is 5.91 Å². The molecule has 1 aromatic heterocycles. The van der Waals surface area contributed by atoms with Crippen LogP contribution in [0.1, 0.15) is 47.2 Å². The maximum atomic E-state index is 13.1. The lowest BCUT2D eigenvalue weighted by Gasteiger charge is -2.32. The number of aliphatic carboxylic acids is 1. The van der Waals surface area contributed by atoms with Crippen LogP contribution in [0, 0.1) is 5.92 Å². The molecule has 2 aliphatic heterocycles. The number of amides is 1. The lowest BCUT2D eigenvalue weighted by Crippen LogP contribution is -2.42. The van der Waals surface area contributed by atoms with Gasteiger partial charge in [-0.1, -0.05) is 6.07 Å². The molecule has 35 heavy (non-hydrogen) atoms. The van der Waals surface area contributed by atoms with E-state index < -0.39 is 12.1 Å². The molecule has 4 rings (SSSR count). The van der Waals surface area contributed by atoms with E-state index in [4.69, 9.17) is 5.11 Å². The van der Waals surface area contributed by atoms with Gasteiger partial charge in [0.1, 0.15) is 0 Å². The lowest BCUT2D eigenvalue weighted by molar-refractivity contribution is -0.136. The van der Waals surface area contributed by atoms with Crippen LogP contribution in [0.2, 0.25) is 0 Å². The van der Waals surface area contributed by atoms with Crippen molar-refractivity contribution in [3.8, 4) is 0 Å². The van der Waals surface area contributed by atoms with Crippen LogP contribution in [-0.4, -0.2) is 70.2 Å². The highest BCUT2D eigenvalue weighted by Crippen LogP contribution is 2.25. The molecule has 186 valence electrons. The van der Waals surface area contributed by atoms with E-state index in [0.717, 1.165) is 50.0 Å². The zero-order valence-corrected chi connectivity index (χ0v) is 19.8. The Bertz CT molecular complexity index is 1070. The number of pyridine rings is 1. The smallest absolute Gasteiger partial charge is 0.303 e. The van der Waals surface area contributed by atoms with E-state index in [1.54, 1.807) is 12.4 Å². The number of rotatable bonds is 8. The molecule has 1 unspecified atom stereocenters. The van der Waals surface area contributed by atoms with Crippen LogP contribution in [0.4, 0.5) is 5.69 Å². The van der Waals surface area contributed by atoms with Gasteiger partial charge in [-0.05, 0) is 73.4 Å². The number of aromatic nitrogens is 1. The molecule has 1 amide bonds. The molecule has 9 nitrogen and oxygen atoms in total. The summed E-state index contributed by atoms with van der Waals surface area (Å²) < 4.78 is 0. The summed E-state index contributed by atoms with van der Waals surface area (Å²) in [6.07, 6.45) is 7.54. The third kappa shape index (κ3) is 7.02. The van der Waals surface area contributed by atoms with Gasteiger partial charge in [0.05, 0.1) is 12.6 Å². The number of carboxylic acids is 1. The first kappa shape index (κ1) is 24.7. The van der Waals surface area contributed by atoms with Gasteiger partial charge in [-0.3, -0.25) is 19.6 Å². The molecule has 0 radical (unpaired) electrons. The molecule has 1 aromatic carbocycles. The Hall–Kier alpha value is -3.46. The molecular formula is C26H33N5O4. The summed E-state index contributed by atoms with van der Waals surface area (Å²) in [7, 11) is 0. The first-order valence-corrected chi connectivity index (χ1v) is 12.2. The van der Waals surface area contributed by atoms with Crippen molar-refractivity contribution in [2.75, 3.05) is 31.5 Å². The summed E-state index contributed by atoms with van der Waals surface area (Å²) >= 11 is 0. The summed E-state index contributed by atoms with van der Waals surface area (Å²) in [6, 6.07) is 9.42. The van der Waals surface area contributed by atoms with Gasteiger partial charge < -0.3 is 25.7 Å². The summed E-state index contributed by atoms with van der Waals surface area (Å²) in [5.74, 6) is 0.378. The molecule has 0 aliphatic carbocycles. The number of benzene rings is 1. The molecular weight excluding hydrogens is 446 g/mol. The van der Waals surface area contributed by atoms with Gasteiger partial charge in [0.15, 0.2) is 5.96 Å². The zero-order chi connectivity index (χ0) is 24.6. The number of aliphatic imine (C=N–C) groups is 1. The second-order valence-electron chi connectivity index (χ2n) is 9.24. The number of carboxylic acid groups (broad SMARTS) is 1. The van der Waals surface area contributed by atoms with Gasteiger partial charge in [0, 0.05) is 49.7 Å². The molecule has 1 atom stereocenters. The number of nitrogens with zero attached hydrogens (tertiary/aromatic N) is 3. The molecule has 0 saturated carbocycles. The lowest BCUT2D eigenvalue weighted by atomic mass is 9.89. The Morgan fingerprint density at radius 3 is 2.71 bits per heavy atom. The van der Waals surface area contributed by atoms with Crippen LogP contribution in [0.15, 0.2) is 47.7 Å². The minimum atomic E-state index is -0.794. The Kier molecular flexibility index (Phi) is 8.31. The monoisotopic (exact) mass is 479 g/mol. The van der Waals surface area contributed by atoms with Crippen molar-refractivity contribution in [3.05, 3.63) is 59.4 Å². The van der Waals surface area contributed by atoms with E-state index >= 15 is 0 Å². The van der Waals surface area contributed by atoms with E-state index in [9.17, 15) is 14.7 Å². The van der Waals surface area contributed by atoms with Crippen LogP contribution in [0.5, 0.6) is 0 Å². The molecule has 3 heterocycles. The highest BCUT2D eigenvalue weighted by Gasteiger charge is 2.24. The zero-order valence-electron chi connectivity index (χ0n) is 19.8. The van der Waals surface area contributed by atoms with E-state index in [1.807, 2.05) is 35.2 Å². The molecule has 2 aromatic rings. The minimum absolute atomic E-state index is 0.0335. The number of anilines is 1. The Balaban J connectivity index is 1.27. The normalized spacial score (nSPS) is 18.5. The fourth-order valence-corrected chi connectivity index (χ4v) is 4.62. The Morgan fingerprint density at radius 1 is 1.14 bits per heavy atom. The SMILES string of the molecule is O=C(O)CCc1cnccc1CCC1CCN(C(=O)c2cccc(NC3=NCC(O)CN3)c2)CC1. The molecule has 0 bridgehead atoms. The molecule has 1 fully saturated rings. The van der Waals surface area contributed by atoms with Gasteiger partial charge in [-0.25, -0.2) is 0 Å². The van der Waals surface area contributed by atoms with Crippen LogP contribution < -0.4 is 10.6 Å². The molecule has 1 saturated heterocycles. The number of carbonyl (C=O) groups is 2. The number of hydrogen-bond acceptors (Lipinski definition) is 7. The number of nitrogens with one attached hydrogen (secondary N) is 2. The van der Waals surface area contributed by atoms with Crippen molar-refractivity contribution in [3.63, 3.8) is 0 Å². The predicted molar refractivity (Wildman–Crippen MR) is 134 cm³/mol. The minimum Gasteiger partial charge on any atom is -0.481 e. The fourth-order valence-electron chi connectivity index (χ4n) is 4.62. The highest BCUT2D eigenvalue weighted by molar-refractivity contribution is 5.98. The average Bonchev–Trinajstić information content (AvgIpc) is 2.88. The topological polar surface area (TPSA) is 127 Å². The van der Waals surface area contributed by atoms with Crippen molar-refractivity contribution < 1.29 is 19.8 Å². The third-order valence-electron chi connectivity index (χ3n) is 6.67. The van der Waals surface area contributed by atoms with Crippen molar-refractivity contribution in [1.29, 1.82) is 0 Å². The van der Waals surface area contributed by atoms with Crippen molar-refractivity contribution >= 4 is 23.5 Å². The van der Waals surface area contributed by atoms with Gasteiger partial charge in [-0.15, -0.1) is 0 Å². The van der Waals surface area contributed by atoms with Gasteiger partial charge in [0.2, 0.25) is 0 Å². The number of aliphatic hydroxyl groups is 1. The number of β-amino-alcohol motifs (C(OH)–C–C–N with tert-alkyl or cyclic N) is 1. The van der Waals surface area contributed by atoms with Crippen molar-refractivity contribution in [1.82, 2.24) is 15.2 Å².